The highest BCUT2D eigenvalue weighted by Gasteiger charge is 2.26. The van der Waals surface area contributed by atoms with E-state index in [4.69, 9.17) is 4.74 Å². The molecule has 0 bridgehead atoms. The molecule has 190 valence electrons. The minimum Gasteiger partial charge on any atom is -0.508 e. The second-order valence-electron chi connectivity index (χ2n) is 8.30. The second-order valence-corrected chi connectivity index (χ2v) is 10.2. The average molecular weight is 518 g/mol. The molecule has 1 amide bonds. The number of phenolic OH excluding ortho intramolecular Hbond substituents is 1. The van der Waals surface area contributed by atoms with Gasteiger partial charge < -0.3 is 15.2 Å². The first-order valence-corrected chi connectivity index (χ1v) is 13.0. The molecule has 3 aromatic carbocycles. The van der Waals surface area contributed by atoms with Crippen molar-refractivity contribution in [2.75, 3.05) is 12.4 Å². The Morgan fingerprint density at radius 2 is 1.59 bits per heavy atom. The Morgan fingerprint density at radius 3 is 2.22 bits per heavy atom. The molecule has 8 nitrogen and oxygen atoms in total. The highest BCUT2D eigenvalue weighted by atomic mass is 32.2. The summed E-state index contributed by atoms with van der Waals surface area (Å²) in [5, 5.41) is 12.4. The molecular formula is C28H27N3O5S. The van der Waals surface area contributed by atoms with Crippen molar-refractivity contribution in [1.29, 1.82) is 0 Å². The van der Waals surface area contributed by atoms with Crippen LogP contribution in [0.25, 0.3) is 0 Å². The lowest BCUT2D eigenvalue weighted by Crippen LogP contribution is -2.30. The Morgan fingerprint density at radius 1 is 0.919 bits per heavy atom. The lowest BCUT2D eigenvalue weighted by Gasteiger charge is -2.22. The number of nitrogens with one attached hydrogen (secondary N) is 1. The van der Waals surface area contributed by atoms with E-state index in [2.05, 4.69) is 10.3 Å². The molecule has 0 spiro atoms. The summed E-state index contributed by atoms with van der Waals surface area (Å²) in [6.45, 7) is 0.147. The van der Waals surface area contributed by atoms with E-state index in [1.165, 1.54) is 35.7 Å². The molecule has 0 fully saturated rings. The molecule has 1 atom stereocenters. The van der Waals surface area contributed by atoms with Gasteiger partial charge in [0.25, 0.3) is 5.91 Å². The van der Waals surface area contributed by atoms with Crippen molar-refractivity contribution in [3.63, 3.8) is 0 Å². The maximum Gasteiger partial charge on any atom is 0.258 e. The summed E-state index contributed by atoms with van der Waals surface area (Å²) in [7, 11) is -2.42. The standard InChI is InChI=1S/C28H27N3O5S/c1-36-27(22-7-3-2-4-8-22)28(33)30-23-12-10-21(11-13-23)19-31(20-24-9-5-6-18-29-24)37(34,35)26-16-14-25(32)15-17-26/h2-18,27,32H,19-20H2,1H3,(H,30,33). The molecule has 37 heavy (non-hydrogen) atoms. The monoisotopic (exact) mass is 517 g/mol. The largest absolute Gasteiger partial charge is 0.508 e. The molecule has 4 rings (SSSR count). The van der Waals surface area contributed by atoms with E-state index in [0.29, 0.717) is 11.4 Å². The third-order valence-electron chi connectivity index (χ3n) is 5.70. The Bertz CT molecular complexity index is 1410. The summed E-state index contributed by atoms with van der Waals surface area (Å²) < 4.78 is 33.6. The number of hydrogen-bond donors (Lipinski definition) is 2. The minimum absolute atomic E-state index is 0.0177. The number of aromatic hydroxyl groups is 1. The number of hydrogen-bond acceptors (Lipinski definition) is 6. The first-order chi connectivity index (χ1) is 17.9. The molecule has 0 aliphatic heterocycles. The van der Waals surface area contributed by atoms with Crippen LogP contribution in [0.5, 0.6) is 5.75 Å². The summed E-state index contributed by atoms with van der Waals surface area (Å²) in [4.78, 5) is 17.1. The summed E-state index contributed by atoms with van der Waals surface area (Å²) in [6.07, 6.45) is 0.853. The number of rotatable bonds is 10. The number of sulfonamides is 1. The molecule has 2 N–H and O–H groups in total. The van der Waals surface area contributed by atoms with Crippen molar-refractivity contribution in [2.24, 2.45) is 0 Å². The number of nitrogens with zero attached hydrogens (tertiary/aromatic N) is 2. The van der Waals surface area contributed by atoms with E-state index in [9.17, 15) is 18.3 Å². The number of benzene rings is 3. The van der Waals surface area contributed by atoms with Crippen LogP contribution in [0, 0.1) is 0 Å². The average Bonchev–Trinajstić information content (AvgIpc) is 2.91. The fourth-order valence-corrected chi connectivity index (χ4v) is 5.19. The van der Waals surface area contributed by atoms with Gasteiger partial charge >= 0.3 is 0 Å². The molecule has 0 aliphatic rings. The predicted octanol–water partition coefficient (Wildman–Crippen LogP) is 4.50. The van der Waals surface area contributed by atoms with Gasteiger partial charge in [-0.3, -0.25) is 9.78 Å². The van der Waals surface area contributed by atoms with Gasteiger partial charge in [0.05, 0.1) is 17.1 Å². The van der Waals surface area contributed by atoms with Crippen molar-refractivity contribution in [1.82, 2.24) is 9.29 Å². The van der Waals surface area contributed by atoms with Crippen molar-refractivity contribution < 1.29 is 23.1 Å². The Labute approximate surface area is 216 Å². The van der Waals surface area contributed by atoms with E-state index in [0.717, 1.165) is 11.1 Å². The van der Waals surface area contributed by atoms with Crippen LogP contribution >= 0.6 is 0 Å². The first kappa shape index (κ1) is 26.0. The minimum atomic E-state index is -3.89. The van der Waals surface area contributed by atoms with Gasteiger partial charge in [-0.2, -0.15) is 4.31 Å². The predicted molar refractivity (Wildman–Crippen MR) is 140 cm³/mol. The number of carbonyl (C=O) groups excluding carboxylic acids is 1. The normalized spacial score (nSPS) is 12.3. The molecule has 9 heteroatoms. The maximum atomic E-state index is 13.5. The van der Waals surface area contributed by atoms with Gasteiger partial charge in [0.15, 0.2) is 6.10 Å². The number of ether oxygens (including phenoxy) is 1. The molecular weight excluding hydrogens is 490 g/mol. The lowest BCUT2D eigenvalue weighted by molar-refractivity contribution is -0.126. The number of methoxy groups -OCH3 is 1. The van der Waals surface area contributed by atoms with E-state index < -0.39 is 16.1 Å². The van der Waals surface area contributed by atoms with Crippen molar-refractivity contribution in [3.05, 3.63) is 120 Å². The molecule has 1 unspecified atom stereocenters. The number of anilines is 1. The van der Waals surface area contributed by atoms with Crippen LogP contribution in [-0.4, -0.2) is 35.8 Å². The van der Waals surface area contributed by atoms with E-state index >= 15 is 0 Å². The molecule has 4 aromatic rings. The van der Waals surface area contributed by atoms with Crippen LogP contribution in [0.15, 0.2) is 108 Å². The lowest BCUT2D eigenvalue weighted by atomic mass is 10.1. The van der Waals surface area contributed by atoms with Gasteiger partial charge in [0.2, 0.25) is 10.0 Å². The molecule has 1 heterocycles. The van der Waals surface area contributed by atoms with E-state index in [1.807, 2.05) is 30.3 Å². The Hall–Kier alpha value is -4.05. The number of aromatic nitrogens is 1. The number of pyridine rings is 1. The van der Waals surface area contributed by atoms with Crippen molar-refractivity contribution >= 4 is 21.6 Å². The van der Waals surface area contributed by atoms with Crippen molar-refractivity contribution in [2.45, 2.75) is 24.1 Å². The van der Waals surface area contributed by atoms with Crippen LogP contribution in [0.2, 0.25) is 0 Å². The topological polar surface area (TPSA) is 109 Å². The van der Waals surface area contributed by atoms with Gasteiger partial charge in [-0.1, -0.05) is 48.5 Å². The van der Waals surface area contributed by atoms with Crippen molar-refractivity contribution in [3.8, 4) is 5.75 Å². The van der Waals surface area contributed by atoms with Gasteiger partial charge in [0.1, 0.15) is 5.75 Å². The third-order valence-corrected chi connectivity index (χ3v) is 7.50. The van der Waals surface area contributed by atoms with Crippen LogP contribution in [0.1, 0.15) is 22.9 Å². The van der Waals surface area contributed by atoms with Gasteiger partial charge in [-0.05, 0) is 59.7 Å². The molecule has 0 radical (unpaired) electrons. The molecule has 0 saturated heterocycles. The Kier molecular flexibility index (Phi) is 8.29. The van der Waals surface area contributed by atoms with Crippen LogP contribution in [-0.2, 0) is 32.6 Å². The van der Waals surface area contributed by atoms with Gasteiger partial charge in [-0.15, -0.1) is 0 Å². The number of phenols is 1. The fraction of sp³-hybridized carbons (Fsp3) is 0.143. The zero-order chi connectivity index (χ0) is 26.3. The summed E-state index contributed by atoms with van der Waals surface area (Å²) in [5.74, 6) is -0.330. The Balaban J connectivity index is 1.52. The van der Waals surface area contributed by atoms with Gasteiger partial charge in [0, 0.05) is 25.5 Å². The maximum absolute atomic E-state index is 13.5. The molecule has 0 saturated carbocycles. The zero-order valence-corrected chi connectivity index (χ0v) is 21.0. The zero-order valence-electron chi connectivity index (χ0n) is 20.2. The van der Waals surface area contributed by atoms with E-state index in [1.54, 1.807) is 48.7 Å². The smallest absolute Gasteiger partial charge is 0.258 e. The highest BCUT2D eigenvalue weighted by molar-refractivity contribution is 7.89. The highest BCUT2D eigenvalue weighted by Crippen LogP contribution is 2.24. The number of amides is 1. The third kappa shape index (κ3) is 6.59. The second kappa shape index (κ2) is 11.8. The fourth-order valence-electron chi connectivity index (χ4n) is 3.79. The van der Waals surface area contributed by atoms with Gasteiger partial charge in [-0.25, -0.2) is 8.42 Å². The van der Waals surface area contributed by atoms with E-state index in [-0.39, 0.29) is 29.6 Å². The summed E-state index contributed by atoms with van der Waals surface area (Å²) in [6, 6.07) is 26.9. The quantitative estimate of drug-likeness (QED) is 0.321. The van der Waals surface area contributed by atoms with Crippen LogP contribution in [0.3, 0.4) is 0 Å². The molecule has 0 aliphatic carbocycles. The number of carbonyl (C=O) groups is 1. The van der Waals surface area contributed by atoms with Crippen LogP contribution < -0.4 is 5.32 Å². The SMILES string of the molecule is COC(C(=O)Nc1ccc(CN(Cc2ccccn2)S(=O)(=O)c2ccc(O)cc2)cc1)c1ccccc1. The summed E-state index contributed by atoms with van der Waals surface area (Å²) in [5.41, 5.74) is 2.62. The summed E-state index contributed by atoms with van der Waals surface area (Å²) >= 11 is 0. The first-order valence-electron chi connectivity index (χ1n) is 11.5. The molecule has 1 aromatic heterocycles. The van der Waals surface area contributed by atoms with Crippen LogP contribution in [0.4, 0.5) is 5.69 Å².